The molecule has 3 rings (SSSR count). The van der Waals surface area contributed by atoms with Crippen LogP contribution in [-0.2, 0) is 16.6 Å². The molecule has 0 bridgehead atoms. The monoisotopic (exact) mass is 334 g/mol. The van der Waals surface area contributed by atoms with E-state index >= 15 is 0 Å². The standard InChI is InChI=1S/C17H26N4O3/c1-20-10-14(18-12-20)16(23)21-7-5-17(6-8-21,9-13-3-4-13)19-15(22)11-24-2/h10,12-13H,3-9,11H2,1-2H3,(H,19,22). The number of imidazole rings is 1. The second-order valence-electron chi connectivity index (χ2n) is 7.13. The number of nitrogens with zero attached hydrogens (tertiary/aromatic N) is 3. The van der Waals surface area contributed by atoms with Gasteiger partial charge < -0.3 is 19.5 Å². The van der Waals surface area contributed by atoms with E-state index < -0.39 is 0 Å². The van der Waals surface area contributed by atoms with Crippen LogP contribution in [-0.4, -0.2) is 58.6 Å². The summed E-state index contributed by atoms with van der Waals surface area (Å²) in [6.07, 6.45) is 8.47. The van der Waals surface area contributed by atoms with E-state index in [1.165, 1.54) is 20.0 Å². The van der Waals surface area contributed by atoms with Gasteiger partial charge in [-0.25, -0.2) is 4.98 Å². The minimum Gasteiger partial charge on any atom is -0.375 e. The fourth-order valence-corrected chi connectivity index (χ4v) is 3.54. The summed E-state index contributed by atoms with van der Waals surface area (Å²) >= 11 is 0. The zero-order valence-electron chi connectivity index (χ0n) is 14.5. The number of amides is 2. The van der Waals surface area contributed by atoms with E-state index in [0.29, 0.717) is 24.7 Å². The molecule has 1 aromatic heterocycles. The van der Waals surface area contributed by atoms with Gasteiger partial charge in [0.1, 0.15) is 12.3 Å². The van der Waals surface area contributed by atoms with Gasteiger partial charge >= 0.3 is 0 Å². The number of ether oxygens (including phenoxy) is 1. The Morgan fingerprint density at radius 2 is 2.08 bits per heavy atom. The molecule has 0 spiro atoms. The second kappa shape index (κ2) is 6.93. The summed E-state index contributed by atoms with van der Waals surface area (Å²) in [5.41, 5.74) is 0.285. The highest BCUT2D eigenvalue weighted by Crippen LogP contribution is 2.40. The average molecular weight is 334 g/mol. The third-order valence-electron chi connectivity index (χ3n) is 4.99. The molecule has 2 aliphatic rings. The first-order valence-electron chi connectivity index (χ1n) is 8.58. The van der Waals surface area contributed by atoms with E-state index in [9.17, 15) is 9.59 Å². The normalized spacial score (nSPS) is 20.0. The quantitative estimate of drug-likeness (QED) is 0.841. The molecule has 1 saturated carbocycles. The molecule has 1 N–H and O–H groups in total. The molecule has 0 radical (unpaired) electrons. The Labute approximate surface area is 142 Å². The number of aromatic nitrogens is 2. The SMILES string of the molecule is COCC(=O)NC1(CC2CC2)CCN(C(=O)c2cn(C)cn2)CC1. The molecule has 24 heavy (non-hydrogen) atoms. The van der Waals surface area contributed by atoms with Crippen molar-refractivity contribution >= 4 is 11.8 Å². The lowest BCUT2D eigenvalue weighted by Crippen LogP contribution is -2.57. The number of nitrogens with one attached hydrogen (secondary N) is 1. The third kappa shape index (κ3) is 3.95. The Hall–Kier alpha value is -1.89. The van der Waals surface area contributed by atoms with Crippen LogP contribution in [0.25, 0.3) is 0 Å². The van der Waals surface area contributed by atoms with Gasteiger partial charge in [-0.1, -0.05) is 12.8 Å². The molecule has 7 nitrogen and oxygen atoms in total. The van der Waals surface area contributed by atoms with Crippen molar-refractivity contribution < 1.29 is 14.3 Å². The predicted octanol–water partition coefficient (Wildman–Crippen LogP) is 0.958. The van der Waals surface area contributed by atoms with Crippen LogP contribution in [0.5, 0.6) is 0 Å². The molecule has 2 amide bonds. The zero-order valence-corrected chi connectivity index (χ0v) is 14.5. The number of aryl methyl sites for hydroxylation is 1. The van der Waals surface area contributed by atoms with Crippen molar-refractivity contribution in [2.45, 2.75) is 37.6 Å². The molecule has 0 unspecified atom stereocenters. The summed E-state index contributed by atoms with van der Waals surface area (Å²) in [4.78, 5) is 30.5. The Bertz CT molecular complexity index is 601. The lowest BCUT2D eigenvalue weighted by Gasteiger charge is -2.42. The van der Waals surface area contributed by atoms with E-state index in [2.05, 4.69) is 10.3 Å². The van der Waals surface area contributed by atoms with Crippen LogP contribution < -0.4 is 5.32 Å². The molecule has 0 atom stereocenters. The van der Waals surface area contributed by atoms with Crippen molar-refractivity contribution in [1.29, 1.82) is 0 Å². The van der Waals surface area contributed by atoms with E-state index in [1.807, 2.05) is 11.9 Å². The van der Waals surface area contributed by atoms with Crippen molar-refractivity contribution in [3.8, 4) is 0 Å². The maximum atomic E-state index is 12.5. The molecule has 2 fully saturated rings. The molecule has 7 heteroatoms. The number of carbonyl (C=O) groups excluding carboxylic acids is 2. The maximum Gasteiger partial charge on any atom is 0.274 e. The summed E-state index contributed by atoms with van der Waals surface area (Å²) in [7, 11) is 3.38. The molecule has 1 aliphatic heterocycles. The summed E-state index contributed by atoms with van der Waals surface area (Å²) in [5, 5.41) is 3.19. The summed E-state index contributed by atoms with van der Waals surface area (Å²) in [6.45, 7) is 1.38. The molecule has 1 saturated heterocycles. The lowest BCUT2D eigenvalue weighted by molar-refractivity contribution is -0.127. The topological polar surface area (TPSA) is 76.5 Å². The lowest BCUT2D eigenvalue weighted by atomic mass is 9.82. The maximum absolute atomic E-state index is 12.5. The van der Waals surface area contributed by atoms with Crippen LogP contribution in [0, 0.1) is 5.92 Å². The Morgan fingerprint density at radius 3 is 2.62 bits per heavy atom. The van der Waals surface area contributed by atoms with Crippen LogP contribution >= 0.6 is 0 Å². The molecule has 132 valence electrons. The van der Waals surface area contributed by atoms with Gasteiger partial charge in [0.05, 0.1) is 6.33 Å². The number of hydrogen-bond acceptors (Lipinski definition) is 4. The molecule has 1 aromatic rings. The Balaban J connectivity index is 1.62. The minimum atomic E-state index is -0.197. The van der Waals surface area contributed by atoms with Crippen LogP contribution in [0.1, 0.15) is 42.6 Å². The Morgan fingerprint density at radius 1 is 1.38 bits per heavy atom. The van der Waals surface area contributed by atoms with Gasteiger partial charge in [0, 0.05) is 39.0 Å². The molecular weight excluding hydrogens is 308 g/mol. The number of methoxy groups -OCH3 is 1. The van der Waals surface area contributed by atoms with Gasteiger partial charge in [0.25, 0.3) is 5.91 Å². The highest BCUT2D eigenvalue weighted by Gasteiger charge is 2.41. The van der Waals surface area contributed by atoms with Crippen LogP contribution in [0.3, 0.4) is 0 Å². The third-order valence-corrected chi connectivity index (χ3v) is 4.99. The summed E-state index contributed by atoms with van der Waals surface area (Å²) in [5.74, 6) is 0.618. The highest BCUT2D eigenvalue weighted by atomic mass is 16.5. The first kappa shape index (κ1) is 17.0. The van der Waals surface area contributed by atoms with Crippen LogP contribution in [0.2, 0.25) is 0 Å². The number of rotatable bonds is 6. The van der Waals surface area contributed by atoms with E-state index in [0.717, 1.165) is 19.3 Å². The van der Waals surface area contributed by atoms with Crippen molar-refractivity contribution in [1.82, 2.24) is 19.8 Å². The van der Waals surface area contributed by atoms with Gasteiger partial charge in [0.15, 0.2) is 0 Å². The summed E-state index contributed by atoms with van der Waals surface area (Å²) in [6, 6.07) is 0. The number of carbonyl (C=O) groups is 2. The van der Waals surface area contributed by atoms with Crippen LogP contribution in [0.4, 0.5) is 0 Å². The van der Waals surface area contributed by atoms with Gasteiger partial charge in [-0.15, -0.1) is 0 Å². The van der Waals surface area contributed by atoms with Crippen molar-refractivity contribution in [3.63, 3.8) is 0 Å². The second-order valence-corrected chi connectivity index (χ2v) is 7.13. The number of likely N-dealkylation sites (tertiary alicyclic amines) is 1. The van der Waals surface area contributed by atoms with Gasteiger partial charge in [-0.05, 0) is 25.2 Å². The Kier molecular flexibility index (Phi) is 4.89. The van der Waals surface area contributed by atoms with Crippen molar-refractivity contribution in [3.05, 3.63) is 18.2 Å². The molecular formula is C17H26N4O3. The first-order chi connectivity index (χ1) is 11.5. The minimum absolute atomic E-state index is 0.0289. The molecule has 2 heterocycles. The smallest absolute Gasteiger partial charge is 0.274 e. The number of hydrogen-bond donors (Lipinski definition) is 1. The number of piperidine rings is 1. The van der Waals surface area contributed by atoms with Crippen LogP contribution in [0.15, 0.2) is 12.5 Å². The molecule has 0 aromatic carbocycles. The van der Waals surface area contributed by atoms with E-state index in [-0.39, 0.29) is 24.0 Å². The van der Waals surface area contributed by atoms with E-state index in [1.54, 1.807) is 17.1 Å². The summed E-state index contributed by atoms with van der Waals surface area (Å²) < 4.78 is 6.72. The van der Waals surface area contributed by atoms with Gasteiger partial charge in [-0.3, -0.25) is 9.59 Å². The molecule has 1 aliphatic carbocycles. The largest absolute Gasteiger partial charge is 0.375 e. The zero-order chi connectivity index (χ0) is 17.2. The fraction of sp³-hybridized carbons (Fsp3) is 0.706. The first-order valence-corrected chi connectivity index (χ1v) is 8.58. The van der Waals surface area contributed by atoms with E-state index in [4.69, 9.17) is 4.74 Å². The average Bonchev–Trinajstić information content (AvgIpc) is 3.24. The fourth-order valence-electron chi connectivity index (χ4n) is 3.54. The van der Waals surface area contributed by atoms with Gasteiger partial charge in [0.2, 0.25) is 5.91 Å². The van der Waals surface area contributed by atoms with Crippen molar-refractivity contribution in [2.75, 3.05) is 26.8 Å². The van der Waals surface area contributed by atoms with Gasteiger partial charge in [-0.2, -0.15) is 0 Å². The van der Waals surface area contributed by atoms with Crippen molar-refractivity contribution in [2.24, 2.45) is 13.0 Å². The predicted molar refractivity (Wildman–Crippen MR) is 88.4 cm³/mol. The highest BCUT2D eigenvalue weighted by molar-refractivity contribution is 5.92.